The van der Waals surface area contributed by atoms with Crippen LogP contribution in [0.25, 0.3) is 0 Å². The molecule has 1 atom stereocenters. The normalized spacial score (nSPS) is 18.3. The van der Waals surface area contributed by atoms with Crippen LogP contribution in [0.15, 0.2) is 6.07 Å². The molecule has 1 aliphatic heterocycles. The second kappa shape index (κ2) is 6.78. The lowest BCUT2D eigenvalue weighted by molar-refractivity contribution is -0.222. The summed E-state index contributed by atoms with van der Waals surface area (Å²) in [5.41, 5.74) is 2.48. The van der Waals surface area contributed by atoms with Gasteiger partial charge in [-0.2, -0.15) is 13.2 Å². The summed E-state index contributed by atoms with van der Waals surface area (Å²) < 4.78 is 39.9. The first-order valence-electron chi connectivity index (χ1n) is 8.26. The van der Waals surface area contributed by atoms with Gasteiger partial charge in [-0.25, -0.2) is 0 Å². The van der Waals surface area contributed by atoms with Crippen molar-refractivity contribution in [2.45, 2.75) is 58.9 Å². The molecular formula is C17H25F3N2O2. The van der Waals surface area contributed by atoms with Crippen molar-refractivity contribution in [2.24, 2.45) is 5.92 Å². The van der Waals surface area contributed by atoms with Crippen molar-refractivity contribution in [3.63, 3.8) is 0 Å². The minimum Gasteiger partial charge on any atom is -0.383 e. The summed E-state index contributed by atoms with van der Waals surface area (Å²) in [6.45, 7) is 8.39. The van der Waals surface area contributed by atoms with Crippen LogP contribution in [0.3, 0.4) is 0 Å². The number of halogens is 3. The van der Waals surface area contributed by atoms with E-state index in [9.17, 15) is 23.1 Å². The smallest absolute Gasteiger partial charge is 0.383 e. The Morgan fingerprint density at radius 3 is 2.21 bits per heavy atom. The molecule has 0 bridgehead atoms. The quantitative estimate of drug-likeness (QED) is 0.911. The van der Waals surface area contributed by atoms with Crippen LogP contribution >= 0.6 is 0 Å². The second-order valence-electron chi connectivity index (χ2n) is 6.86. The SMILES string of the molecule is Cc1cc(C(=O)N2CCC(C(O)C(F)(F)F)CC2)c(C)n1C(C)C. The Morgan fingerprint density at radius 2 is 1.79 bits per heavy atom. The van der Waals surface area contributed by atoms with Gasteiger partial charge < -0.3 is 14.6 Å². The lowest BCUT2D eigenvalue weighted by Gasteiger charge is -2.34. The van der Waals surface area contributed by atoms with Gasteiger partial charge in [0.15, 0.2) is 6.10 Å². The van der Waals surface area contributed by atoms with E-state index in [-0.39, 0.29) is 37.9 Å². The summed E-state index contributed by atoms with van der Waals surface area (Å²) in [5.74, 6) is -0.980. The van der Waals surface area contributed by atoms with Gasteiger partial charge in [-0.3, -0.25) is 4.79 Å². The van der Waals surface area contributed by atoms with Crippen molar-refractivity contribution in [3.05, 3.63) is 23.0 Å². The molecule has 0 aliphatic carbocycles. The topological polar surface area (TPSA) is 45.5 Å². The van der Waals surface area contributed by atoms with Gasteiger partial charge in [0.25, 0.3) is 5.91 Å². The number of hydrogen-bond acceptors (Lipinski definition) is 2. The first-order chi connectivity index (χ1) is 11.0. The number of hydrogen-bond donors (Lipinski definition) is 1. The molecule has 136 valence electrons. The van der Waals surface area contributed by atoms with E-state index in [1.165, 1.54) is 0 Å². The Bertz CT molecular complexity index is 600. The molecule has 1 fully saturated rings. The van der Waals surface area contributed by atoms with Crippen LogP contribution in [-0.2, 0) is 0 Å². The molecule has 7 heteroatoms. The summed E-state index contributed by atoms with van der Waals surface area (Å²) in [4.78, 5) is 14.3. The van der Waals surface area contributed by atoms with Gasteiger partial charge in [-0.15, -0.1) is 0 Å². The molecule has 4 nitrogen and oxygen atoms in total. The molecule has 1 aromatic heterocycles. The maximum atomic E-state index is 12.7. The number of alkyl halides is 3. The zero-order chi connectivity index (χ0) is 18.2. The maximum Gasteiger partial charge on any atom is 0.414 e. The molecule has 1 unspecified atom stereocenters. The average Bonchev–Trinajstić information content (AvgIpc) is 2.80. The minimum absolute atomic E-state index is 0.144. The van der Waals surface area contributed by atoms with Crippen LogP contribution in [0.5, 0.6) is 0 Å². The standard InChI is InChI=1S/C17H25F3N2O2/c1-10(2)22-11(3)9-14(12(22)4)16(24)21-7-5-13(6-8-21)15(23)17(18,19)20/h9-10,13,15,23H,5-8H2,1-4H3. The first-order valence-corrected chi connectivity index (χ1v) is 8.26. The first kappa shape index (κ1) is 18.8. The van der Waals surface area contributed by atoms with Crippen molar-refractivity contribution >= 4 is 5.91 Å². The van der Waals surface area contributed by atoms with Gasteiger partial charge in [0.05, 0.1) is 5.56 Å². The monoisotopic (exact) mass is 346 g/mol. The van der Waals surface area contributed by atoms with Gasteiger partial charge in [0.2, 0.25) is 0 Å². The van der Waals surface area contributed by atoms with Gasteiger partial charge in [0, 0.05) is 30.5 Å². The number of aliphatic hydroxyl groups excluding tert-OH is 1. The molecule has 1 saturated heterocycles. The van der Waals surface area contributed by atoms with Gasteiger partial charge in [0.1, 0.15) is 0 Å². The molecule has 1 N–H and O–H groups in total. The van der Waals surface area contributed by atoms with Crippen molar-refractivity contribution in [1.82, 2.24) is 9.47 Å². The lowest BCUT2D eigenvalue weighted by Crippen LogP contribution is -2.45. The molecule has 1 aromatic rings. The number of aromatic nitrogens is 1. The van der Waals surface area contributed by atoms with E-state index in [2.05, 4.69) is 4.57 Å². The number of nitrogens with zero attached hydrogens (tertiary/aromatic N) is 2. The molecule has 0 saturated carbocycles. The third-order valence-corrected chi connectivity index (χ3v) is 4.84. The Kier molecular flexibility index (Phi) is 5.32. The maximum absolute atomic E-state index is 12.7. The fraction of sp³-hybridized carbons (Fsp3) is 0.706. The zero-order valence-electron chi connectivity index (χ0n) is 14.5. The van der Waals surface area contributed by atoms with Gasteiger partial charge >= 0.3 is 6.18 Å². The van der Waals surface area contributed by atoms with Crippen LogP contribution in [0.1, 0.15) is 54.5 Å². The number of aliphatic hydroxyl groups is 1. The predicted octanol–water partition coefficient (Wildman–Crippen LogP) is 3.46. The van der Waals surface area contributed by atoms with Crippen molar-refractivity contribution in [2.75, 3.05) is 13.1 Å². The molecule has 0 radical (unpaired) electrons. The van der Waals surface area contributed by atoms with E-state index in [1.54, 1.807) is 4.90 Å². The van der Waals surface area contributed by atoms with E-state index >= 15 is 0 Å². The van der Waals surface area contributed by atoms with Crippen LogP contribution < -0.4 is 0 Å². The van der Waals surface area contributed by atoms with E-state index < -0.39 is 18.2 Å². The van der Waals surface area contributed by atoms with E-state index in [0.29, 0.717) is 5.56 Å². The highest BCUT2D eigenvalue weighted by molar-refractivity contribution is 5.95. The third kappa shape index (κ3) is 3.61. The molecular weight excluding hydrogens is 321 g/mol. The van der Waals surface area contributed by atoms with Gasteiger partial charge in [-0.1, -0.05) is 0 Å². The Labute approximate surface area is 140 Å². The molecule has 0 aromatic carbocycles. The van der Waals surface area contributed by atoms with Gasteiger partial charge in [-0.05, 0) is 52.5 Å². The molecule has 1 amide bonds. The number of carbonyl (C=O) groups excluding carboxylic acids is 1. The number of likely N-dealkylation sites (tertiary alicyclic amines) is 1. The number of rotatable bonds is 3. The Balaban J connectivity index is 2.08. The highest BCUT2D eigenvalue weighted by atomic mass is 19.4. The molecule has 2 heterocycles. The van der Waals surface area contributed by atoms with Crippen molar-refractivity contribution < 1.29 is 23.1 Å². The lowest BCUT2D eigenvalue weighted by atomic mass is 9.90. The Hall–Kier alpha value is -1.50. The number of amides is 1. The summed E-state index contributed by atoms with van der Waals surface area (Å²) in [6.07, 6.45) is -6.58. The van der Waals surface area contributed by atoms with Crippen LogP contribution in [0.2, 0.25) is 0 Å². The highest BCUT2D eigenvalue weighted by Gasteiger charge is 2.44. The number of carbonyl (C=O) groups is 1. The summed E-state index contributed by atoms with van der Waals surface area (Å²) in [7, 11) is 0. The second-order valence-corrected chi connectivity index (χ2v) is 6.86. The third-order valence-electron chi connectivity index (χ3n) is 4.84. The van der Waals surface area contributed by atoms with Crippen LogP contribution in [0.4, 0.5) is 13.2 Å². The average molecular weight is 346 g/mol. The van der Waals surface area contributed by atoms with Crippen LogP contribution in [0, 0.1) is 19.8 Å². The highest BCUT2D eigenvalue weighted by Crippen LogP contribution is 2.32. The Morgan fingerprint density at radius 1 is 1.25 bits per heavy atom. The predicted molar refractivity (Wildman–Crippen MR) is 85.0 cm³/mol. The molecule has 0 spiro atoms. The van der Waals surface area contributed by atoms with E-state index in [1.807, 2.05) is 33.8 Å². The molecule has 2 rings (SSSR count). The fourth-order valence-electron chi connectivity index (χ4n) is 3.64. The van der Waals surface area contributed by atoms with Crippen molar-refractivity contribution in [1.29, 1.82) is 0 Å². The van der Waals surface area contributed by atoms with Crippen LogP contribution in [-0.4, -0.2) is 45.9 Å². The molecule has 24 heavy (non-hydrogen) atoms. The zero-order valence-corrected chi connectivity index (χ0v) is 14.5. The summed E-state index contributed by atoms with van der Waals surface area (Å²) in [6, 6.07) is 2.08. The fourth-order valence-corrected chi connectivity index (χ4v) is 3.64. The summed E-state index contributed by atoms with van der Waals surface area (Å²) >= 11 is 0. The van der Waals surface area contributed by atoms with Crippen molar-refractivity contribution in [3.8, 4) is 0 Å². The summed E-state index contributed by atoms with van der Waals surface area (Å²) in [5, 5.41) is 9.37. The molecule has 1 aliphatic rings. The number of aryl methyl sites for hydroxylation is 1. The number of piperidine rings is 1. The van der Waals surface area contributed by atoms with E-state index in [4.69, 9.17) is 0 Å². The largest absolute Gasteiger partial charge is 0.414 e. The van der Waals surface area contributed by atoms with E-state index in [0.717, 1.165) is 11.4 Å². The minimum atomic E-state index is -4.60.